The fraction of sp³-hybridized carbons (Fsp3) is 0.320. The highest BCUT2D eigenvalue weighted by Crippen LogP contribution is 2.33. The summed E-state index contributed by atoms with van der Waals surface area (Å²) < 4.78 is 24.1. The van der Waals surface area contributed by atoms with Gasteiger partial charge in [-0.05, 0) is 43.2 Å². The molecule has 1 aliphatic rings. The van der Waals surface area contributed by atoms with E-state index in [9.17, 15) is 14.0 Å². The number of hydrogen-bond donors (Lipinski definition) is 0. The number of ether oxygens (including phenoxy) is 1. The molecule has 34 heavy (non-hydrogen) atoms. The molecule has 0 N–H and O–H groups in total. The van der Waals surface area contributed by atoms with Crippen LogP contribution in [0.2, 0.25) is 0 Å². The lowest BCUT2D eigenvalue weighted by Gasteiger charge is -2.33. The van der Waals surface area contributed by atoms with Crippen molar-refractivity contribution in [2.45, 2.75) is 26.9 Å². The summed E-state index contributed by atoms with van der Waals surface area (Å²) in [5.41, 5.74) is 0.862. The second-order valence-corrected chi connectivity index (χ2v) is 8.66. The van der Waals surface area contributed by atoms with Crippen LogP contribution in [0.1, 0.15) is 19.4 Å². The molecule has 0 radical (unpaired) electrons. The van der Waals surface area contributed by atoms with Gasteiger partial charge in [0, 0.05) is 31.4 Å². The Hall–Kier alpha value is -3.88. The van der Waals surface area contributed by atoms with Gasteiger partial charge in [0.1, 0.15) is 11.6 Å². The maximum absolute atomic E-state index is 14.3. The topological polar surface area (TPSA) is 74.3 Å². The summed E-state index contributed by atoms with van der Waals surface area (Å²) in [6.45, 7) is 5.79. The van der Waals surface area contributed by atoms with Crippen molar-refractivity contribution >= 4 is 22.8 Å². The van der Waals surface area contributed by atoms with Crippen LogP contribution in [0.15, 0.2) is 58.1 Å². The molecular formula is C25H26FN5O3. The standard InChI is InChI=1S/C25H26FN5O3/c1-4-34-19-11-9-18(10-12-19)29-13-16(2)14-30-21-22(27-24(29)30)28(3)25(33)31(23(21)32)15-17-7-5-6-8-20(17)26/h5-12,16H,4,13-15H2,1-3H3/t16-/m1/s1. The number of halogens is 1. The molecule has 9 heteroatoms. The fourth-order valence-corrected chi connectivity index (χ4v) is 4.55. The number of benzene rings is 2. The Balaban J connectivity index is 1.67. The number of anilines is 2. The molecule has 0 saturated heterocycles. The molecule has 0 saturated carbocycles. The summed E-state index contributed by atoms with van der Waals surface area (Å²) in [6, 6.07) is 13.9. The summed E-state index contributed by atoms with van der Waals surface area (Å²) in [7, 11) is 1.59. The van der Waals surface area contributed by atoms with Gasteiger partial charge in [0.25, 0.3) is 5.56 Å². The van der Waals surface area contributed by atoms with Crippen LogP contribution < -0.4 is 20.9 Å². The van der Waals surface area contributed by atoms with Crippen molar-refractivity contribution in [3.8, 4) is 5.75 Å². The van der Waals surface area contributed by atoms with E-state index in [0.717, 1.165) is 16.0 Å². The predicted molar refractivity (Wildman–Crippen MR) is 129 cm³/mol. The van der Waals surface area contributed by atoms with Crippen LogP contribution in [0, 0.1) is 11.7 Å². The first-order chi connectivity index (χ1) is 16.4. The zero-order valence-corrected chi connectivity index (χ0v) is 19.4. The molecule has 0 fully saturated rings. The Morgan fingerprint density at radius 3 is 2.53 bits per heavy atom. The van der Waals surface area contributed by atoms with Crippen molar-refractivity contribution < 1.29 is 9.13 Å². The van der Waals surface area contributed by atoms with Gasteiger partial charge in [-0.1, -0.05) is 25.1 Å². The van der Waals surface area contributed by atoms with Gasteiger partial charge >= 0.3 is 5.69 Å². The third-order valence-electron chi connectivity index (χ3n) is 6.19. The highest BCUT2D eigenvalue weighted by Gasteiger charge is 2.30. The quantitative estimate of drug-likeness (QED) is 0.454. The number of aromatic nitrogens is 4. The number of imidazole rings is 1. The van der Waals surface area contributed by atoms with E-state index in [1.54, 1.807) is 25.2 Å². The largest absolute Gasteiger partial charge is 0.494 e. The molecule has 176 valence electrons. The van der Waals surface area contributed by atoms with Gasteiger partial charge in [0.05, 0.1) is 13.2 Å². The van der Waals surface area contributed by atoms with Gasteiger partial charge < -0.3 is 14.2 Å². The predicted octanol–water partition coefficient (Wildman–Crippen LogP) is 3.27. The number of fused-ring (bicyclic) bond motifs is 3. The summed E-state index contributed by atoms with van der Waals surface area (Å²) in [5.74, 6) is 1.16. The summed E-state index contributed by atoms with van der Waals surface area (Å²) in [4.78, 5) is 33.4. The van der Waals surface area contributed by atoms with Crippen LogP contribution in [-0.2, 0) is 20.1 Å². The average molecular weight is 464 g/mol. The minimum Gasteiger partial charge on any atom is -0.494 e. The van der Waals surface area contributed by atoms with E-state index in [1.807, 2.05) is 35.8 Å². The second kappa shape index (κ2) is 8.48. The molecule has 3 heterocycles. The SMILES string of the molecule is CCOc1ccc(N2C[C@@H](C)Cn3c2nc2c3c(=O)n(Cc3ccccc3F)c(=O)n2C)cc1. The molecule has 1 atom stereocenters. The lowest BCUT2D eigenvalue weighted by Crippen LogP contribution is -2.40. The first-order valence-electron chi connectivity index (χ1n) is 11.3. The van der Waals surface area contributed by atoms with E-state index in [-0.39, 0.29) is 18.0 Å². The van der Waals surface area contributed by atoms with E-state index in [0.29, 0.717) is 36.8 Å². The second-order valence-electron chi connectivity index (χ2n) is 8.66. The zero-order chi connectivity index (χ0) is 24.0. The van der Waals surface area contributed by atoms with Crippen LogP contribution in [0.3, 0.4) is 0 Å². The third kappa shape index (κ3) is 3.57. The van der Waals surface area contributed by atoms with Crippen LogP contribution in [-0.4, -0.2) is 31.8 Å². The normalized spacial score (nSPS) is 15.5. The number of nitrogens with zero attached hydrogens (tertiary/aromatic N) is 5. The number of hydrogen-bond acceptors (Lipinski definition) is 5. The van der Waals surface area contributed by atoms with Crippen LogP contribution in [0.25, 0.3) is 11.2 Å². The minimum atomic E-state index is -0.531. The molecule has 0 unspecified atom stereocenters. The molecule has 5 rings (SSSR count). The number of rotatable bonds is 5. The monoisotopic (exact) mass is 463 g/mol. The Bertz CT molecular complexity index is 1490. The van der Waals surface area contributed by atoms with Crippen molar-refractivity contribution in [2.24, 2.45) is 13.0 Å². The van der Waals surface area contributed by atoms with Crippen molar-refractivity contribution in [2.75, 3.05) is 18.1 Å². The highest BCUT2D eigenvalue weighted by atomic mass is 19.1. The molecule has 0 bridgehead atoms. The van der Waals surface area contributed by atoms with Crippen molar-refractivity contribution in [3.05, 3.63) is 80.7 Å². The molecule has 1 aliphatic heterocycles. The Kier molecular flexibility index (Phi) is 5.47. The third-order valence-corrected chi connectivity index (χ3v) is 6.19. The first-order valence-corrected chi connectivity index (χ1v) is 11.3. The van der Waals surface area contributed by atoms with Gasteiger partial charge in [-0.2, -0.15) is 4.98 Å². The van der Waals surface area contributed by atoms with Crippen LogP contribution in [0.4, 0.5) is 16.0 Å². The Morgan fingerprint density at radius 2 is 1.82 bits per heavy atom. The van der Waals surface area contributed by atoms with Gasteiger partial charge in [0.2, 0.25) is 5.95 Å². The molecule has 2 aromatic carbocycles. The summed E-state index contributed by atoms with van der Waals surface area (Å²) in [5, 5.41) is 0. The van der Waals surface area contributed by atoms with E-state index in [4.69, 9.17) is 9.72 Å². The summed E-state index contributed by atoms with van der Waals surface area (Å²) >= 11 is 0. The number of aryl methyl sites for hydroxylation is 1. The van der Waals surface area contributed by atoms with E-state index < -0.39 is 17.1 Å². The lowest BCUT2D eigenvalue weighted by molar-refractivity contribution is 0.340. The van der Waals surface area contributed by atoms with E-state index in [2.05, 4.69) is 11.8 Å². The maximum atomic E-state index is 14.3. The van der Waals surface area contributed by atoms with Crippen molar-refractivity contribution in [3.63, 3.8) is 0 Å². The van der Waals surface area contributed by atoms with E-state index in [1.165, 1.54) is 10.6 Å². The highest BCUT2D eigenvalue weighted by molar-refractivity contribution is 5.77. The minimum absolute atomic E-state index is 0.146. The zero-order valence-electron chi connectivity index (χ0n) is 19.4. The summed E-state index contributed by atoms with van der Waals surface area (Å²) in [6.07, 6.45) is 0. The van der Waals surface area contributed by atoms with Gasteiger partial charge in [0.15, 0.2) is 11.2 Å². The molecule has 2 aromatic heterocycles. The Labute approximate surface area is 195 Å². The van der Waals surface area contributed by atoms with E-state index >= 15 is 0 Å². The van der Waals surface area contributed by atoms with Gasteiger partial charge in [-0.3, -0.25) is 13.9 Å². The van der Waals surface area contributed by atoms with Crippen molar-refractivity contribution in [1.29, 1.82) is 0 Å². The maximum Gasteiger partial charge on any atom is 0.332 e. The average Bonchev–Trinajstić information content (AvgIpc) is 3.21. The van der Waals surface area contributed by atoms with Crippen LogP contribution in [0.5, 0.6) is 5.75 Å². The van der Waals surface area contributed by atoms with Crippen molar-refractivity contribution in [1.82, 2.24) is 18.7 Å². The molecule has 0 spiro atoms. The molecule has 8 nitrogen and oxygen atoms in total. The Morgan fingerprint density at radius 1 is 1.09 bits per heavy atom. The molecule has 0 amide bonds. The fourth-order valence-electron chi connectivity index (χ4n) is 4.55. The first kappa shape index (κ1) is 21.9. The van der Waals surface area contributed by atoms with Gasteiger partial charge in [-0.15, -0.1) is 0 Å². The lowest BCUT2D eigenvalue weighted by atomic mass is 10.1. The van der Waals surface area contributed by atoms with Gasteiger partial charge in [-0.25, -0.2) is 9.18 Å². The van der Waals surface area contributed by atoms with Crippen LogP contribution >= 0.6 is 0 Å². The molecular weight excluding hydrogens is 437 g/mol. The molecule has 0 aliphatic carbocycles. The molecule has 4 aromatic rings. The smallest absolute Gasteiger partial charge is 0.332 e.